The molecule has 160 valence electrons. The maximum absolute atomic E-state index is 12.5. The van der Waals surface area contributed by atoms with E-state index in [-0.39, 0.29) is 11.0 Å². The van der Waals surface area contributed by atoms with Crippen molar-refractivity contribution in [1.82, 2.24) is 5.32 Å². The van der Waals surface area contributed by atoms with Crippen LogP contribution in [0.1, 0.15) is 43.0 Å². The van der Waals surface area contributed by atoms with E-state index in [4.69, 9.17) is 21.7 Å². The molecule has 0 radical (unpaired) electrons. The molecule has 2 rings (SSSR count). The standard InChI is InChI=1S/C23H27BrN2O3S/c1-3-5-6-7-14-29-21-12-11-17(15-20(21)24)22(27)26-23(30)25-18-9-8-10-19(16-18)28-13-4-2/h4,8-12,15-16H,2-3,5-7,13-14H2,1H3,(H2,25,26,27,30). The first-order valence-electron chi connectivity index (χ1n) is 9.92. The Balaban J connectivity index is 1.88. The Hall–Kier alpha value is -2.38. The van der Waals surface area contributed by atoms with Gasteiger partial charge in [-0.3, -0.25) is 10.1 Å². The highest BCUT2D eigenvalue weighted by Crippen LogP contribution is 2.26. The summed E-state index contributed by atoms with van der Waals surface area (Å²) in [6.45, 7) is 6.88. The van der Waals surface area contributed by atoms with Gasteiger partial charge in [-0.05, 0) is 64.9 Å². The van der Waals surface area contributed by atoms with Gasteiger partial charge in [-0.2, -0.15) is 0 Å². The van der Waals surface area contributed by atoms with Crippen molar-refractivity contribution in [2.24, 2.45) is 0 Å². The number of anilines is 1. The van der Waals surface area contributed by atoms with E-state index in [1.165, 1.54) is 12.8 Å². The molecule has 0 atom stereocenters. The summed E-state index contributed by atoms with van der Waals surface area (Å²) in [5.74, 6) is 1.10. The highest BCUT2D eigenvalue weighted by atomic mass is 79.9. The molecule has 0 fully saturated rings. The number of hydrogen-bond acceptors (Lipinski definition) is 4. The van der Waals surface area contributed by atoms with Crippen LogP contribution in [-0.4, -0.2) is 24.2 Å². The molecule has 7 heteroatoms. The summed E-state index contributed by atoms with van der Waals surface area (Å²) in [5.41, 5.74) is 1.20. The lowest BCUT2D eigenvalue weighted by molar-refractivity contribution is 0.0977. The topological polar surface area (TPSA) is 59.6 Å². The van der Waals surface area contributed by atoms with E-state index >= 15 is 0 Å². The molecule has 0 saturated carbocycles. The van der Waals surface area contributed by atoms with Crippen molar-refractivity contribution in [1.29, 1.82) is 0 Å². The van der Waals surface area contributed by atoms with E-state index in [1.54, 1.807) is 30.3 Å². The third-order valence-corrected chi connectivity index (χ3v) is 4.96. The lowest BCUT2D eigenvalue weighted by Gasteiger charge is -2.12. The monoisotopic (exact) mass is 490 g/mol. The predicted molar refractivity (Wildman–Crippen MR) is 130 cm³/mol. The van der Waals surface area contributed by atoms with Crippen molar-refractivity contribution < 1.29 is 14.3 Å². The molecule has 0 aliphatic carbocycles. The second-order valence-corrected chi connectivity index (χ2v) is 7.85. The van der Waals surface area contributed by atoms with Crippen LogP contribution in [0.3, 0.4) is 0 Å². The van der Waals surface area contributed by atoms with Gasteiger partial charge in [0, 0.05) is 17.3 Å². The number of halogens is 1. The van der Waals surface area contributed by atoms with Crippen LogP contribution in [0.15, 0.2) is 59.6 Å². The van der Waals surface area contributed by atoms with Gasteiger partial charge >= 0.3 is 0 Å². The van der Waals surface area contributed by atoms with E-state index in [0.717, 1.165) is 28.8 Å². The summed E-state index contributed by atoms with van der Waals surface area (Å²) in [6, 6.07) is 12.5. The van der Waals surface area contributed by atoms with Crippen LogP contribution in [0.4, 0.5) is 5.69 Å². The van der Waals surface area contributed by atoms with Gasteiger partial charge in [0.25, 0.3) is 5.91 Å². The molecule has 0 aliphatic heterocycles. The Morgan fingerprint density at radius 2 is 2.00 bits per heavy atom. The van der Waals surface area contributed by atoms with Gasteiger partial charge in [0.15, 0.2) is 5.11 Å². The summed E-state index contributed by atoms with van der Waals surface area (Å²) in [5, 5.41) is 5.87. The van der Waals surface area contributed by atoms with Gasteiger partial charge in [-0.25, -0.2) is 0 Å². The number of thiocarbonyl (C=S) groups is 1. The van der Waals surface area contributed by atoms with Crippen molar-refractivity contribution in [3.05, 3.63) is 65.2 Å². The smallest absolute Gasteiger partial charge is 0.257 e. The summed E-state index contributed by atoms with van der Waals surface area (Å²) < 4.78 is 12.0. The average Bonchev–Trinajstić information content (AvgIpc) is 2.73. The fourth-order valence-electron chi connectivity index (χ4n) is 2.63. The Bertz CT molecular complexity index is 873. The molecule has 1 amide bonds. The van der Waals surface area contributed by atoms with Gasteiger partial charge in [0.05, 0.1) is 11.1 Å². The largest absolute Gasteiger partial charge is 0.492 e. The van der Waals surface area contributed by atoms with Crippen molar-refractivity contribution in [2.75, 3.05) is 18.5 Å². The second kappa shape index (κ2) is 13.0. The molecule has 2 aromatic rings. The molecule has 0 aliphatic rings. The minimum absolute atomic E-state index is 0.202. The van der Waals surface area contributed by atoms with Crippen LogP contribution in [0.5, 0.6) is 11.5 Å². The van der Waals surface area contributed by atoms with Gasteiger partial charge in [-0.15, -0.1) is 0 Å². The molecule has 5 nitrogen and oxygen atoms in total. The van der Waals surface area contributed by atoms with E-state index in [0.29, 0.717) is 24.5 Å². The van der Waals surface area contributed by atoms with E-state index in [9.17, 15) is 4.79 Å². The average molecular weight is 491 g/mol. The number of benzene rings is 2. The maximum Gasteiger partial charge on any atom is 0.257 e. The summed E-state index contributed by atoms with van der Waals surface area (Å²) in [7, 11) is 0. The number of nitrogens with one attached hydrogen (secondary N) is 2. The zero-order chi connectivity index (χ0) is 21.8. The Morgan fingerprint density at radius 3 is 2.73 bits per heavy atom. The highest BCUT2D eigenvalue weighted by Gasteiger charge is 2.11. The third kappa shape index (κ3) is 8.16. The summed E-state index contributed by atoms with van der Waals surface area (Å²) >= 11 is 8.73. The molecular formula is C23H27BrN2O3S. The predicted octanol–water partition coefficient (Wildman–Crippen LogP) is 6.10. The number of rotatable bonds is 11. The van der Waals surface area contributed by atoms with E-state index in [2.05, 4.69) is 40.1 Å². The van der Waals surface area contributed by atoms with Gasteiger partial charge < -0.3 is 14.8 Å². The molecule has 0 aromatic heterocycles. The van der Waals surface area contributed by atoms with Crippen molar-refractivity contribution in [3.63, 3.8) is 0 Å². The summed E-state index contributed by atoms with van der Waals surface area (Å²) in [4.78, 5) is 12.5. The van der Waals surface area contributed by atoms with Crippen molar-refractivity contribution in [2.45, 2.75) is 32.6 Å². The quantitative estimate of drug-likeness (QED) is 0.226. The molecule has 0 unspecified atom stereocenters. The normalized spacial score (nSPS) is 10.2. The zero-order valence-electron chi connectivity index (χ0n) is 17.1. The minimum atomic E-state index is -0.304. The summed E-state index contributed by atoms with van der Waals surface area (Å²) in [6.07, 6.45) is 6.25. The molecule has 2 N–H and O–H groups in total. The van der Waals surface area contributed by atoms with Crippen molar-refractivity contribution >= 4 is 44.9 Å². The highest BCUT2D eigenvalue weighted by molar-refractivity contribution is 9.10. The molecule has 0 heterocycles. The fraction of sp³-hybridized carbons (Fsp3) is 0.304. The maximum atomic E-state index is 12.5. The number of amides is 1. The first kappa shape index (κ1) is 23.9. The SMILES string of the molecule is C=CCOc1cccc(NC(=S)NC(=O)c2ccc(OCCCCCC)c(Br)c2)c1. The number of unbranched alkanes of at least 4 members (excludes halogenated alkanes) is 3. The van der Waals surface area contributed by atoms with Crippen LogP contribution in [-0.2, 0) is 0 Å². The Labute approximate surface area is 192 Å². The minimum Gasteiger partial charge on any atom is -0.492 e. The van der Waals surface area contributed by atoms with E-state index in [1.807, 2.05) is 18.2 Å². The second-order valence-electron chi connectivity index (χ2n) is 6.59. The van der Waals surface area contributed by atoms with Crippen LogP contribution < -0.4 is 20.1 Å². The van der Waals surface area contributed by atoms with Crippen LogP contribution in [0, 0.1) is 0 Å². The van der Waals surface area contributed by atoms with Crippen LogP contribution >= 0.6 is 28.1 Å². The number of carbonyl (C=O) groups excluding carboxylic acids is 1. The first-order chi connectivity index (χ1) is 14.5. The number of hydrogen-bond donors (Lipinski definition) is 2. The van der Waals surface area contributed by atoms with Gasteiger partial charge in [0.2, 0.25) is 0 Å². The lowest BCUT2D eigenvalue weighted by atomic mass is 10.2. The Kier molecular flexibility index (Phi) is 10.4. The molecule has 2 aromatic carbocycles. The van der Waals surface area contributed by atoms with Gasteiger partial charge in [0.1, 0.15) is 18.1 Å². The lowest BCUT2D eigenvalue weighted by Crippen LogP contribution is -2.34. The van der Waals surface area contributed by atoms with E-state index < -0.39 is 0 Å². The van der Waals surface area contributed by atoms with Crippen molar-refractivity contribution in [3.8, 4) is 11.5 Å². The fourth-order valence-corrected chi connectivity index (χ4v) is 3.33. The Morgan fingerprint density at radius 1 is 1.17 bits per heavy atom. The number of ether oxygens (including phenoxy) is 2. The zero-order valence-corrected chi connectivity index (χ0v) is 19.5. The molecular weight excluding hydrogens is 464 g/mol. The molecule has 0 bridgehead atoms. The molecule has 30 heavy (non-hydrogen) atoms. The van der Waals surface area contributed by atoms with Gasteiger partial charge in [-0.1, -0.05) is 44.9 Å². The number of carbonyl (C=O) groups is 1. The first-order valence-corrected chi connectivity index (χ1v) is 11.1. The third-order valence-electron chi connectivity index (χ3n) is 4.14. The molecule has 0 spiro atoms. The van der Waals surface area contributed by atoms with Crippen LogP contribution in [0.25, 0.3) is 0 Å². The van der Waals surface area contributed by atoms with Crippen LogP contribution in [0.2, 0.25) is 0 Å². The molecule has 0 saturated heterocycles.